The molecule has 0 aromatic carbocycles. The molecular weight excluding hydrogens is 290 g/mol. The molecule has 4 heterocycles. The van der Waals surface area contributed by atoms with Crippen LogP contribution in [-0.2, 0) is 0 Å². The third-order valence-corrected chi connectivity index (χ3v) is 4.85. The number of hydrogen-bond donors (Lipinski definition) is 0. The number of hydrogen-bond acceptors (Lipinski definition) is 5. The van der Waals surface area contributed by atoms with Gasteiger partial charge in [-0.15, -0.1) is 0 Å². The molecule has 0 radical (unpaired) electrons. The SMILES string of the molecule is O=C(c1ccccn1)N1C[C@@H]2CCN(c3cnccn3)C[C@@H]2C1. The number of aromatic nitrogens is 3. The number of nitrogens with zero attached hydrogens (tertiary/aromatic N) is 5. The van der Waals surface area contributed by atoms with Crippen LogP contribution < -0.4 is 4.90 Å². The monoisotopic (exact) mass is 309 g/mol. The van der Waals surface area contributed by atoms with Crippen molar-refractivity contribution in [2.75, 3.05) is 31.1 Å². The van der Waals surface area contributed by atoms with Crippen molar-refractivity contribution in [3.63, 3.8) is 0 Å². The molecule has 2 atom stereocenters. The van der Waals surface area contributed by atoms with Crippen LogP contribution >= 0.6 is 0 Å². The lowest BCUT2D eigenvalue weighted by atomic mass is 9.89. The molecule has 2 fully saturated rings. The fourth-order valence-corrected chi connectivity index (χ4v) is 3.65. The van der Waals surface area contributed by atoms with Crippen LogP contribution in [0.2, 0.25) is 0 Å². The van der Waals surface area contributed by atoms with E-state index in [9.17, 15) is 4.79 Å². The van der Waals surface area contributed by atoms with Crippen LogP contribution in [0.1, 0.15) is 16.9 Å². The molecule has 1 amide bonds. The van der Waals surface area contributed by atoms with Crippen LogP contribution in [0.3, 0.4) is 0 Å². The summed E-state index contributed by atoms with van der Waals surface area (Å²) >= 11 is 0. The van der Waals surface area contributed by atoms with E-state index in [0.717, 1.165) is 38.4 Å². The first-order valence-corrected chi connectivity index (χ1v) is 8.02. The van der Waals surface area contributed by atoms with Crippen molar-refractivity contribution in [1.82, 2.24) is 19.9 Å². The van der Waals surface area contributed by atoms with Gasteiger partial charge in [-0.3, -0.25) is 14.8 Å². The van der Waals surface area contributed by atoms with Crippen molar-refractivity contribution in [3.05, 3.63) is 48.7 Å². The van der Waals surface area contributed by atoms with E-state index in [1.54, 1.807) is 24.7 Å². The van der Waals surface area contributed by atoms with Crippen LogP contribution in [0.15, 0.2) is 43.0 Å². The number of fused-ring (bicyclic) bond motifs is 1. The molecule has 4 rings (SSSR count). The second kappa shape index (κ2) is 5.95. The van der Waals surface area contributed by atoms with E-state index < -0.39 is 0 Å². The summed E-state index contributed by atoms with van der Waals surface area (Å²) in [5, 5.41) is 0. The van der Waals surface area contributed by atoms with E-state index >= 15 is 0 Å². The van der Waals surface area contributed by atoms with Crippen molar-refractivity contribution in [2.24, 2.45) is 11.8 Å². The van der Waals surface area contributed by atoms with E-state index in [1.165, 1.54) is 0 Å². The molecule has 0 unspecified atom stereocenters. The van der Waals surface area contributed by atoms with Crippen LogP contribution in [0, 0.1) is 11.8 Å². The number of carbonyl (C=O) groups excluding carboxylic acids is 1. The quantitative estimate of drug-likeness (QED) is 0.840. The molecule has 2 aliphatic rings. The highest BCUT2D eigenvalue weighted by Crippen LogP contribution is 2.33. The number of likely N-dealkylation sites (tertiary alicyclic amines) is 1. The maximum Gasteiger partial charge on any atom is 0.272 e. The second-order valence-electron chi connectivity index (χ2n) is 6.24. The summed E-state index contributed by atoms with van der Waals surface area (Å²) in [5.41, 5.74) is 0.539. The summed E-state index contributed by atoms with van der Waals surface area (Å²) in [7, 11) is 0. The first kappa shape index (κ1) is 14.1. The van der Waals surface area contributed by atoms with Crippen molar-refractivity contribution < 1.29 is 4.79 Å². The Bertz CT molecular complexity index is 678. The topological polar surface area (TPSA) is 62.2 Å². The summed E-state index contributed by atoms with van der Waals surface area (Å²) in [6.45, 7) is 3.56. The molecule has 0 bridgehead atoms. The largest absolute Gasteiger partial charge is 0.355 e. The van der Waals surface area contributed by atoms with Gasteiger partial charge >= 0.3 is 0 Å². The van der Waals surface area contributed by atoms with Crippen molar-refractivity contribution >= 4 is 11.7 Å². The number of pyridine rings is 1. The van der Waals surface area contributed by atoms with Crippen molar-refractivity contribution in [3.8, 4) is 0 Å². The highest BCUT2D eigenvalue weighted by molar-refractivity contribution is 5.92. The van der Waals surface area contributed by atoms with Crippen molar-refractivity contribution in [1.29, 1.82) is 0 Å². The average molecular weight is 309 g/mol. The first-order valence-electron chi connectivity index (χ1n) is 8.02. The Hall–Kier alpha value is -2.50. The predicted octanol–water partition coefficient (Wildman–Crippen LogP) is 1.47. The Kier molecular flexibility index (Phi) is 3.65. The van der Waals surface area contributed by atoms with Crippen LogP contribution in [0.4, 0.5) is 5.82 Å². The smallest absolute Gasteiger partial charge is 0.272 e. The molecule has 0 spiro atoms. The minimum absolute atomic E-state index is 0.0473. The Morgan fingerprint density at radius 1 is 1.04 bits per heavy atom. The lowest BCUT2D eigenvalue weighted by molar-refractivity contribution is 0.0778. The van der Waals surface area contributed by atoms with Gasteiger partial charge < -0.3 is 9.80 Å². The van der Waals surface area contributed by atoms with E-state index in [0.29, 0.717) is 17.5 Å². The zero-order valence-electron chi connectivity index (χ0n) is 12.9. The number of anilines is 1. The number of carbonyl (C=O) groups is 1. The zero-order valence-corrected chi connectivity index (χ0v) is 12.9. The van der Waals surface area contributed by atoms with Crippen LogP contribution in [0.5, 0.6) is 0 Å². The maximum atomic E-state index is 12.6. The van der Waals surface area contributed by atoms with E-state index in [2.05, 4.69) is 19.9 Å². The molecule has 6 nitrogen and oxygen atoms in total. The van der Waals surface area contributed by atoms with Gasteiger partial charge in [0, 0.05) is 44.8 Å². The van der Waals surface area contributed by atoms with Gasteiger partial charge in [0.25, 0.3) is 5.91 Å². The van der Waals surface area contributed by atoms with Crippen LogP contribution in [0.25, 0.3) is 0 Å². The molecular formula is C17H19N5O. The van der Waals surface area contributed by atoms with Gasteiger partial charge in [0.1, 0.15) is 11.5 Å². The van der Waals surface area contributed by atoms with E-state index in [4.69, 9.17) is 0 Å². The Balaban J connectivity index is 1.45. The van der Waals surface area contributed by atoms with E-state index in [1.807, 2.05) is 23.2 Å². The number of amides is 1. The molecule has 23 heavy (non-hydrogen) atoms. The van der Waals surface area contributed by atoms with Gasteiger partial charge in [0.15, 0.2) is 0 Å². The molecule has 2 aliphatic heterocycles. The van der Waals surface area contributed by atoms with Gasteiger partial charge in [-0.25, -0.2) is 4.98 Å². The maximum absolute atomic E-state index is 12.6. The highest BCUT2D eigenvalue weighted by Gasteiger charge is 2.39. The molecule has 118 valence electrons. The molecule has 2 saturated heterocycles. The zero-order chi connectivity index (χ0) is 15.6. The van der Waals surface area contributed by atoms with Gasteiger partial charge in [-0.2, -0.15) is 0 Å². The average Bonchev–Trinajstić information content (AvgIpc) is 3.06. The van der Waals surface area contributed by atoms with Gasteiger partial charge in [-0.05, 0) is 30.4 Å². The fourth-order valence-electron chi connectivity index (χ4n) is 3.65. The number of piperidine rings is 1. The standard InChI is InChI=1S/C17H19N5O/c23-17(15-3-1-2-5-19-15)22-10-13-4-8-21(11-14(13)12-22)16-9-18-6-7-20-16/h1-3,5-7,9,13-14H,4,8,10-12H2/t13-,14+/m0/s1. The molecule has 0 saturated carbocycles. The molecule has 0 aliphatic carbocycles. The number of rotatable bonds is 2. The Morgan fingerprint density at radius 2 is 1.96 bits per heavy atom. The van der Waals surface area contributed by atoms with Gasteiger partial charge in [-0.1, -0.05) is 6.07 Å². The molecule has 6 heteroatoms. The van der Waals surface area contributed by atoms with Gasteiger partial charge in [0.2, 0.25) is 0 Å². The minimum Gasteiger partial charge on any atom is -0.355 e. The highest BCUT2D eigenvalue weighted by atomic mass is 16.2. The molecule has 2 aromatic rings. The second-order valence-corrected chi connectivity index (χ2v) is 6.24. The predicted molar refractivity (Wildman–Crippen MR) is 86.0 cm³/mol. The molecule has 0 N–H and O–H groups in total. The lowest BCUT2D eigenvalue weighted by Crippen LogP contribution is -2.40. The summed E-state index contributed by atoms with van der Waals surface area (Å²) in [6, 6.07) is 5.48. The third-order valence-electron chi connectivity index (χ3n) is 4.85. The minimum atomic E-state index is 0.0473. The lowest BCUT2D eigenvalue weighted by Gasteiger charge is -2.34. The summed E-state index contributed by atoms with van der Waals surface area (Å²) in [4.78, 5) is 29.5. The van der Waals surface area contributed by atoms with E-state index in [-0.39, 0.29) is 5.91 Å². The summed E-state index contributed by atoms with van der Waals surface area (Å²) < 4.78 is 0. The van der Waals surface area contributed by atoms with Crippen LogP contribution in [-0.4, -0.2) is 51.9 Å². The fraction of sp³-hybridized carbons (Fsp3) is 0.412. The normalized spacial score (nSPS) is 23.7. The summed E-state index contributed by atoms with van der Waals surface area (Å²) in [5.74, 6) is 2.06. The first-order chi connectivity index (χ1) is 11.3. The third kappa shape index (κ3) is 2.76. The van der Waals surface area contributed by atoms with Crippen molar-refractivity contribution in [2.45, 2.75) is 6.42 Å². The summed E-state index contributed by atoms with van der Waals surface area (Å²) in [6.07, 6.45) is 8.00. The Labute approximate surface area is 135 Å². The Morgan fingerprint density at radius 3 is 2.74 bits per heavy atom. The van der Waals surface area contributed by atoms with Gasteiger partial charge in [0.05, 0.1) is 6.20 Å². The molecule has 2 aromatic heterocycles.